The van der Waals surface area contributed by atoms with E-state index >= 15 is 0 Å². The first-order valence-corrected chi connectivity index (χ1v) is 13.1. The number of anilines is 1. The number of sulfonamides is 1. The van der Waals surface area contributed by atoms with Gasteiger partial charge in [-0.25, -0.2) is 8.42 Å². The van der Waals surface area contributed by atoms with Crippen molar-refractivity contribution in [1.29, 1.82) is 0 Å². The molecule has 0 aromatic heterocycles. The summed E-state index contributed by atoms with van der Waals surface area (Å²) in [5.74, 6) is 0.0497. The van der Waals surface area contributed by atoms with Crippen LogP contribution in [0.5, 0.6) is 11.5 Å². The number of rotatable bonds is 6. The maximum absolute atomic E-state index is 13.8. The van der Waals surface area contributed by atoms with Crippen LogP contribution >= 0.6 is 11.6 Å². The summed E-state index contributed by atoms with van der Waals surface area (Å²) in [5.41, 5.74) is 2.31. The zero-order chi connectivity index (χ0) is 26.5. The van der Waals surface area contributed by atoms with Crippen molar-refractivity contribution >= 4 is 38.5 Å². The van der Waals surface area contributed by atoms with Gasteiger partial charge in [0, 0.05) is 5.02 Å². The van der Waals surface area contributed by atoms with Gasteiger partial charge in [-0.05, 0) is 77.2 Å². The number of fused-ring (bicyclic) bond motifs is 2. The van der Waals surface area contributed by atoms with E-state index in [1.54, 1.807) is 24.3 Å². The highest BCUT2D eigenvalue weighted by Gasteiger charge is 2.55. The molecule has 0 amide bonds. The second kappa shape index (κ2) is 9.27. The SMILES string of the molecule is O=S(=O)([C@@H]1C[C@@H]2O[C@H]1C(c1ccc(O)cc1)=C2c1ccc(O)cc1)N(CC(F)(F)F)c1ccc(Cl)cc1. The van der Waals surface area contributed by atoms with E-state index < -0.39 is 40.2 Å². The van der Waals surface area contributed by atoms with Crippen LogP contribution in [0, 0.1) is 0 Å². The van der Waals surface area contributed by atoms with Crippen molar-refractivity contribution in [2.45, 2.75) is 30.1 Å². The Morgan fingerprint density at radius 1 is 0.865 bits per heavy atom. The van der Waals surface area contributed by atoms with Crippen LogP contribution in [0.15, 0.2) is 72.8 Å². The molecule has 0 radical (unpaired) electrons. The van der Waals surface area contributed by atoms with Crippen molar-refractivity contribution in [3.8, 4) is 11.5 Å². The highest BCUT2D eigenvalue weighted by Crippen LogP contribution is 2.51. The number of alkyl halides is 3. The van der Waals surface area contributed by atoms with E-state index in [9.17, 15) is 31.8 Å². The molecule has 3 atom stereocenters. The Balaban J connectivity index is 1.61. The molecule has 1 fully saturated rings. The lowest BCUT2D eigenvalue weighted by atomic mass is 9.83. The Hall–Kier alpha value is -3.21. The molecule has 6 nitrogen and oxygen atoms in total. The molecule has 2 bridgehead atoms. The number of halogens is 4. The zero-order valence-electron chi connectivity index (χ0n) is 19.1. The number of ether oxygens (including phenoxy) is 1. The Kier molecular flexibility index (Phi) is 6.37. The highest BCUT2D eigenvalue weighted by atomic mass is 35.5. The van der Waals surface area contributed by atoms with E-state index in [2.05, 4.69) is 0 Å². The van der Waals surface area contributed by atoms with Gasteiger partial charge in [-0.3, -0.25) is 4.31 Å². The van der Waals surface area contributed by atoms with Crippen molar-refractivity contribution in [3.05, 3.63) is 88.9 Å². The fourth-order valence-electron chi connectivity index (χ4n) is 4.90. The van der Waals surface area contributed by atoms with Gasteiger partial charge in [-0.1, -0.05) is 35.9 Å². The van der Waals surface area contributed by atoms with Crippen LogP contribution in [0.3, 0.4) is 0 Å². The molecule has 2 aliphatic rings. The predicted molar refractivity (Wildman–Crippen MR) is 134 cm³/mol. The molecule has 0 aliphatic carbocycles. The van der Waals surface area contributed by atoms with Crippen molar-refractivity contribution in [3.63, 3.8) is 0 Å². The summed E-state index contributed by atoms with van der Waals surface area (Å²) in [6.07, 6.45) is -6.59. The minimum Gasteiger partial charge on any atom is -0.508 e. The summed E-state index contributed by atoms with van der Waals surface area (Å²) in [7, 11) is -4.57. The van der Waals surface area contributed by atoms with Gasteiger partial charge in [-0.2, -0.15) is 13.2 Å². The molecule has 0 saturated carbocycles. The minimum atomic E-state index is -4.79. The summed E-state index contributed by atoms with van der Waals surface area (Å²) in [5, 5.41) is 18.4. The first-order valence-electron chi connectivity index (χ1n) is 11.3. The maximum atomic E-state index is 13.8. The molecule has 0 unspecified atom stereocenters. The number of aromatic hydroxyl groups is 2. The van der Waals surface area contributed by atoms with Gasteiger partial charge in [0.25, 0.3) is 0 Å². The van der Waals surface area contributed by atoms with E-state index in [1.807, 2.05) is 0 Å². The molecule has 2 aliphatic heterocycles. The first-order chi connectivity index (χ1) is 17.4. The normalized spacial score (nSPS) is 21.5. The summed E-state index contributed by atoms with van der Waals surface area (Å²) in [6.45, 7) is -1.70. The average Bonchev–Trinajstić information content (AvgIpc) is 3.43. The number of phenolic OH excluding ortho intramolecular Hbond substituents is 2. The van der Waals surface area contributed by atoms with Crippen LogP contribution in [0.25, 0.3) is 11.1 Å². The number of benzene rings is 3. The molecule has 5 rings (SSSR count). The molecular formula is C26H21ClF3NO5S. The lowest BCUT2D eigenvalue weighted by Crippen LogP contribution is -2.47. The van der Waals surface area contributed by atoms with Gasteiger partial charge in [0.2, 0.25) is 10.0 Å². The van der Waals surface area contributed by atoms with E-state index in [-0.39, 0.29) is 28.6 Å². The lowest BCUT2D eigenvalue weighted by molar-refractivity contribution is -0.117. The van der Waals surface area contributed by atoms with E-state index in [1.165, 1.54) is 48.5 Å². The summed E-state index contributed by atoms with van der Waals surface area (Å²) in [4.78, 5) is 0. The van der Waals surface area contributed by atoms with Crippen molar-refractivity contribution in [2.75, 3.05) is 10.8 Å². The topological polar surface area (TPSA) is 87.1 Å². The molecule has 37 heavy (non-hydrogen) atoms. The van der Waals surface area contributed by atoms with Crippen molar-refractivity contribution in [2.24, 2.45) is 0 Å². The van der Waals surface area contributed by atoms with Crippen LogP contribution in [0.4, 0.5) is 18.9 Å². The van der Waals surface area contributed by atoms with Crippen molar-refractivity contribution < 1.29 is 36.5 Å². The van der Waals surface area contributed by atoms with Crippen LogP contribution < -0.4 is 4.31 Å². The molecule has 1 saturated heterocycles. The van der Waals surface area contributed by atoms with Gasteiger partial charge in [-0.15, -0.1) is 0 Å². The van der Waals surface area contributed by atoms with Gasteiger partial charge in [0.1, 0.15) is 29.4 Å². The smallest absolute Gasteiger partial charge is 0.407 e. The fraction of sp³-hybridized carbons (Fsp3) is 0.231. The number of hydrogen-bond acceptors (Lipinski definition) is 5. The predicted octanol–water partition coefficient (Wildman–Crippen LogP) is 5.60. The molecule has 194 valence electrons. The quantitative estimate of drug-likeness (QED) is 0.416. The average molecular weight is 552 g/mol. The molecule has 3 aromatic rings. The Morgan fingerprint density at radius 3 is 1.89 bits per heavy atom. The van der Waals surface area contributed by atoms with Crippen LogP contribution in [-0.2, 0) is 14.8 Å². The number of hydrogen-bond donors (Lipinski definition) is 2. The Bertz CT molecular complexity index is 1440. The van der Waals surface area contributed by atoms with Gasteiger partial charge < -0.3 is 14.9 Å². The van der Waals surface area contributed by atoms with Crippen LogP contribution in [0.1, 0.15) is 17.5 Å². The highest BCUT2D eigenvalue weighted by molar-refractivity contribution is 7.93. The summed E-state index contributed by atoms with van der Waals surface area (Å²) < 4.78 is 74.8. The standard InChI is InChI=1S/C26H21ClF3NO5S/c27-17-5-7-18(8-6-17)31(14-26(28,29)30)37(34,35)22-13-21-23(15-1-9-19(32)10-2-15)24(25(22)36-21)16-3-11-20(33)12-4-16/h1-12,21-22,25,32-33H,13-14H2/t21-,22+,25+/m0/s1. The Labute approximate surface area is 216 Å². The van der Waals surface area contributed by atoms with Gasteiger partial charge >= 0.3 is 6.18 Å². The first kappa shape index (κ1) is 25.4. The molecule has 11 heteroatoms. The van der Waals surface area contributed by atoms with Gasteiger partial charge in [0.15, 0.2) is 0 Å². The maximum Gasteiger partial charge on any atom is 0.407 e. The lowest BCUT2D eigenvalue weighted by Gasteiger charge is -2.32. The molecular weight excluding hydrogens is 531 g/mol. The van der Waals surface area contributed by atoms with Crippen molar-refractivity contribution in [1.82, 2.24) is 0 Å². The van der Waals surface area contributed by atoms with E-state index in [0.717, 1.165) is 0 Å². The number of nitrogens with zero attached hydrogens (tertiary/aromatic N) is 1. The summed E-state index contributed by atoms with van der Waals surface area (Å²) >= 11 is 5.87. The third-order valence-corrected chi connectivity index (χ3v) is 8.89. The third-order valence-electron chi connectivity index (χ3n) is 6.48. The molecule has 2 N–H and O–H groups in total. The molecule has 2 heterocycles. The minimum absolute atomic E-state index is 0.00266. The summed E-state index contributed by atoms with van der Waals surface area (Å²) in [6, 6.07) is 17.5. The monoisotopic (exact) mass is 551 g/mol. The van der Waals surface area contributed by atoms with Gasteiger partial charge in [0.05, 0.1) is 11.8 Å². The molecule has 3 aromatic carbocycles. The van der Waals surface area contributed by atoms with E-state index in [0.29, 0.717) is 26.6 Å². The van der Waals surface area contributed by atoms with Crippen LogP contribution in [-0.4, -0.2) is 48.8 Å². The zero-order valence-corrected chi connectivity index (χ0v) is 20.6. The second-order valence-electron chi connectivity index (χ2n) is 8.88. The number of phenols is 2. The van der Waals surface area contributed by atoms with E-state index in [4.69, 9.17) is 16.3 Å². The molecule has 0 spiro atoms. The fourth-order valence-corrected chi connectivity index (χ4v) is 7.03. The third kappa shape index (κ3) is 4.88. The second-order valence-corrected chi connectivity index (χ2v) is 11.4. The Morgan fingerprint density at radius 2 is 1.38 bits per heavy atom. The largest absolute Gasteiger partial charge is 0.508 e. The van der Waals surface area contributed by atoms with Crippen LogP contribution in [0.2, 0.25) is 5.02 Å².